The quantitative estimate of drug-likeness (QED) is 0.886. The van der Waals surface area contributed by atoms with E-state index >= 15 is 0 Å². The maximum atomic E-state index is 13.6. The van der Waals surface area contributed by atoms with Crippen molar-refractivity contribution in [3.63, 3.8) is 0 Å². The monoisotopic (exact) mass is 283 g/mol. The van der Waals surface area contributed by atoms with Crippen LogP contribution in [0.25, 0.3) is 0 Å². The fraction of sp³-hybridized carbons (Fsp3) is 0.308. The summed E-state index contributed by atoms with van der Waals surface area (Å²) >= 11 is 5.95. The van der Waals surface area contributed by atoms with Gasteiger partial charge in [0.1, 0.15) is 5.82 Å². The van der Waals surface area contributed by atoms with Crippen molar-refractivity contribution >= 4 is 17.3 Å². The Bertz CT molecular complexity index is 524. The smallest absolute Gasteiger partial charge is 0.129 e. The molecule has 0 fully saturated rings. The largest absolute Gasteiger partial charge is 0.383 e. The number of ether oxygens (including phenoxy) is 1. The number of hydrogen-bond acceptors (Lipinski definition) is 3. The van der Waals surface area contributed by atoms with E-state index in [9.17, 15) is 4.39 Å². The highest BCUT2D eigenvalue weighted by Gasteiger charge is 2.07. The molecular weight excluding hydrogens is 269 g/mol. The molecule has 2 aromatic rings. The Balaban J connectivity index is 1.97. The summed E-state index contributed by atoms with van der Waals surface area (Å²) < 4.78 is 20.3. The van der Waals surface area contributed by atoms with Gasteiger partial charge < -0.3 is 10.1 Å². The van der Waals surface area contributed by atoms with E-state index in [1.54, 1.807) is 30.1 Å². The van der Waals surface area contributed by atoms with Gasteiger partial charge in [0.05, 0.1) is 25.0 Å². The Morgan fingerprint density at radius 3 is 3.05 bits per heavy atom. The summed E-state index contributed by atoms with van der Waals surface area (Å²) in [5.74, 6) is -0.313. The summed E-state index contributed by atoms with van der Waals surface area (Å²) in [6, 6.07) is 4.65. The maximum Gasteiger partial charge on any atom is 0.129 e. The van der Waals surface area contributed by atoms with E-state index in [1.165, 1.54) is 6.07 Å². The van der Waals surface area contributed by atoms with Crippen LogP contribution >= 0.6 is 11.6 Å². The third-order valence-corrected chi connectivity index (χ3v) is 3.04. The second-order valence-corrected chi connectivity index (χ2v) is 4.45. The molecule has 0 spiro atoms. The van der Waals surface area contributed by atoms with E-state index in [-0.39, 0.29) is 5.82 Å². The molecule has 4 nitrogen and oxygen atoms in total. The van der Waals surface area contributed by atoms with Crippen LogP contribution < -0.4 is 5.32 Å². The van der Waals surface area contributed by atoms with Crippen LogP contribution in [0, 0.1) is 5.82 Å². The van der Waals surface area contributed by atoms with Crippen LogP contribution in [0.3, 0.4) is 0 Å². The van der Waals surface area contributed by atoms with Gasteiger partial charge in [-0.25, -0.2) is 4.39 Å². The van der Waals surface area contributed by atoms with Gasteiger partial charge in [0, 0.05) is 30.4 Å². The highest BCUT2D eigenvalue weighted by Crippen LogP contribution is 2.20. The molecule has 0 radical (unpaired) electrons. The number of nitrogens with one attached hydrogen (secondary N) is 1. The van der Waals surface area contributed by atoms with E-state index in [2.05, 4.69) is 10.4 Å². The molecule has 6 heteroatoms. The Kier molecular flexibility index (Phi) is 4.76. The summed E-state index contributed by atoms with van der Waals surface area (Å²) in [6.45, 7) is 1.60. The van der Waals surface area contributed by atoms with Gasteiger partial charge in [-0.15, -0.1) is 0 Å². The molecule has 0 saturated carbocycles. The Labute approximate surface area is 116 Å². The van der Waals surface area contributed by atoms with Crippen molar-refractivity contribution in [2.24, 2.45) is 0 Å². The van der Waals surface area contributed by atoms with Gasteiger partial charge in [-0.1, -0.05) is 17.7 Å². The molecule has 0 atom stereocenters. The lowest BCUT2D eigenvalue weighted by Gasteiger charge is -2.07. The van der Waals surface area contributed by atoms with Gasteiger partial charge in [0.15, 0.2) is 0 Å². The number of anilines is 1. The van der Waals surface area contributed by atoms with Crippen LogP contribution in [-0.2, 0) is 17.8 Å². The third-order valence-electron chi connectivity index (χ3n) is 2.69. The van der Waals surface area contributed by atoms with Crippen molar-refractivity contribution < 1.29 is 9.13 Å². The predicted molar refractivity (Wildman–Crippen MR) is 72.8 cm³/mol. The molecule has 19 heavy (non-hydrogen) atoms. The molecule has 102 valence electrons. The first-order valence-corrected chi connectivity index (χ1v) is 6.26. The number of aromatic nitrogens is 2. The number of hydrogen-bond donors (Lipinski definition) is 1. The lowest BCUT2D eigenvalue weighted by Crippen LogP contribution is -2.04. The zero-order valence-corrected chi connectivity index (χ0v) is 11.3. The van der Waals surface area contributed by atoms with Crippen molar-refractivity contribution in [2.45, 2.75) is 13.1 Å². The summed E-state index contributed by atoms with van der Waals surface area (Å²) in [6.07, 6.45) is 3.53. The van der Waals surface area contributed by atoms with Gasteiger partial charge >= 0.3 is 0 Å². The molecule has 1 aromatic carbocycles. The topological polar surface area (TPSA) is 39.1 Å². The van der Waals surface area contributed by atoms with Crippen molar-refractivity contribution in [3.05, 3.63) is 47.0 Å². The zero-order chi connectivity index (χ0) is 13.7. The van der Waals surface area contributed by atoms with Crippen LogP contribution in [0.5, 0.6) is 0 Å². The van der Waals surface area contributed by atoms with E-state index in [0.29, 0.717) is 30.3 Å². The molecule has 1 N–H and O–H groups in total. The highest BCUT2D eigenvalue weighted by molar-refractivity contribution is 6.31. The van der Waals surface area contributed by atoms with Crippen LogP contribution in [0.2, 0.25) is 5.02 Å². The average Bonchev–Trinajstić information content (AvgIpc) is 2.84. The van der Waals surface area contributed by atoms with Gasteiger partial charge in [-0.05, 0) is 12.1 Å². The summed E-state index contributed by atoms with van der Waals surface area (Å²) in [5.41, 5.74) is 1.27. The van der Waals surface area contributed by atoms with Gasteiger partial charge in [-0.3, -0.25) is 4.68 Å². The molecule has 0 unspecified atom stereocenters. The minimum Gasteiger partial charge on any atom is -0.383 e. The number of nitrogens with zero attached hydrogens (tertiary/aromatic N) is 2. The summed E-state index contributed by atoms with van der Waals surface area (Å²) in [4.78, 5) is 0. The van der Waals surface area contributed by atoms with Crippen molar-refractivity contribution in [1.29, 1.82) is 0 Å². The molecule has 0 amide bonds. The summed E-state index contributed by atoms with van der Waals surface area (Å²) in [5, 5.41) is 7.67. The minimum atomic E-state index is -0.313. The molecule has 1 heterocycles. The second-order valence-electron chi connectivity index (χ2n) is 4.04. The van der Waals surface area contributed by atoms with Crippen LogP contribution in [0.15, 0.2) is 30.6 Å². The molecule has 1 aromatic heterocycles. The predicted octanol–water partition coefficient (Wildman–Crippen LogP) is 2.93. The maximum absolute atomic E-state index is 13.6. The van der Waals surface area contributed by atoms with E-state index in [4.69, 9.17) is 16.3 Å². The lowest BCUT2D eigenvalue weighted by molar-refractivity contribution is 0.183. The van der Waals surface area contributed by atoms with E-state index in [0.717, 1.165) is 5.69 Å². The third kappa shape index (κ3) is 3.68. The van der Waals surface area contributed by atoms with Gasteiger partial charge in [0.25, 0.3) is 0 Å². The standard InChI is InChI=1S/C13H15ClFN3O/c1-19-6-5-18-9-10(7-17-18)16-8-11-12(14)3-2-4-13(11)15/h2-4,7,9,16H,5-6,8H2,1H3. The first-order valence-electron chi connectivity index (χ1n) is 5.89. The number of halogens is 2. The molecule has 2 rings (SSSR count). The van der Waals surface area contributed by atoms with E-state index < -0.39 is 0 Å². The Hall–Kier alpha value is -1.59. The minimum absolute atomic E-state index is 0.313. The van der Waals surface area contributed by atoms with Crippen LogP contribution in [0.1, 0.15) is 5.56 Å². The first-order chi connectivity index (χ1) is 9.20. The highest BCUT2D eigenvalue weighted by atomic mass is 35.5. The molecule has 0 bridgehead atoms. The average molecular weight is 284 g/mol. The van der Waals surface area contributed by atoms with Crippen molar-refractivity contribution in [2.75, 3.05) is 19.0 Å². The number of rotatable bonds is 6. The fourth-order valence-electron chi connectivity index (χ4n) is 1.65. The van der Waals surface area contributed by atoms with Crippen LogP contribution in [0.4, 0.5) is 10.1 Å². The number of benzene rings is 1. The molecule has 0 aliphatic heterocycles. The fourth-order valence-corrected chi connectivity index (χ4v) is 1.88. The summed E-state index contributed by atoms with van der Waals surface area (Å²) in [7, 11) is 1.64. The van der Waals surface area contributed by atoms with Crippen molar-refractivity contribution in [3.8, 4) is 0 Å². The first kappa shape index (κ1) is 13.8. The van der Waals surface area contributed by atoms with Gasteiger partial charge in [-0.2, -0.15) is 5.10 Å². The molecular formula is C13H15ClFN3O. The van der Waals surface area contributed by atoms with E-state index in [1.807, 2.05) is 6.20 Å². The molecule has 0 aliphatic rings. The second kappa shape index (κ2) is 6.54. The van der Waals surface area contributed by atoms with Crippen molar-refractivity contribution in [1.82, 2.24) is 9.78 Å². The van der Waals surface area contributed by atoms with Gasteiger partial charge in [0.2, 0.25) is 0 Å². The number of methoxy groups -OCH3 is 1. The van der Waals surface area contributed by atoms with Crippen LogP contribution in [-0.4, -0.2) is 23.5 Å². The molecule has 0 saturated heterocycles. The Morgan fingerprint density at radius 2 is 2.32 bits per heavy atom. The SMILES string of the molecule is COCCn1cc(NCc2c(F)cccc2Cl)cn1. The lowest BCUT2D eigenvalue weighted by atomic mass is 10.2. The zero-order valence-electron chi connectivity index (χ0n) is 10.6. The normalized spacial score (nSPS) is 10.7. The molecule has 0 aliphatic carbocycles. The Morgan fingerprint density at radius 1 is 1.47 bits per heavy atom.